The Hall–Kier alpha value is -1.97. The zero-order chi connectivity index (χ0) is 28.0. The lowest BCUT2D eigenvalue weighted by molar-refractivity contribution is -0.127. The molecule has 0 atom stereocenters. The molecule has 0 fully saturated rings. The van der Waals surface area contributed by atoms with Crippen LogP contribution in [0.5, 0.6) is 0 Å². The van der Waals surface area contributed by atoms with Crippen LogP contribution in [0.25, 0.3) is 6.08 Å². The summed E-state index contributed by atoms with van der Waals surface area (Å²) in [5, 5.41) is 2.91. The van der Waals surface area contributed by atoms with Gasteiger partial charge in [0.1, 0.15) is 11.4 Å². The molecule has 1 aliphatic rings. The number of hydrogen-bond donors (Lipinski definition) is 1. The summed E-state index contributed by atoms with van der Waals surface area (Å²) in [5.41, 5.74) is 1.43. The molecule has 1 aromatic carbocycles. The topological polar surface area (TPSA) is 80.2 Å². The minimum Gasteiger partial charge on any atom is -0.444 e. The zero-order valence-electron chi connectivity index (χ0n) is 24.0. The van der Waals surface area contributed by atoms with E-state index in [-0.39, 0.29) is 17.4 Å². The summed E-state index contributed by atoms with van der Waals surface area (Å²) in [5.74, 6) is 0.326. The third-order valence-corrected chi connectivity index (χ3v) is 11.5. The molecule has 0 aliphatic carbocycles. The van der Waals surface area contributed by atoms with Crippen LogP contribution in [0.1, 0.15) is 73.3 Å². The van der Waals surface area contributed by atoms with Crippen molar-refractivity contribution < 1.29 is 18.8 Å². The summed E-state index contributed by atoms with van der Waals surface area (Å²) in [6.07, 6.45) is 3.11. The van der Waals surface area contributed by atoms with Crippen molar-refractivity contribution in [2.75, 3.05) is 19.7 Å². The monoisotopic (exact) mass is 593 g/mol. The van der Waals surface area contributed by atoms with Crippen LogP contribution in [0, 0.1) is 0 Å². The fraction of sp³-hybridized carbons (Fsp3) is 0.607. The highest BCUT2D eigenvalue weighted by atomic mass is 79.9. The molecule has 0 radical (unpaired) electrons. The van der Waals surface area contributed by atoms with Gasteiger partial charge in [0.05, 0.1) is 5.69 Å². The van der Waals surface area contributed by atoms with Crippen LogP contribution in [0.3, 0.4) is 0 Å². The van der Waals surface area contributed by atoms with Gasteiger partial charge in [-0.1, -0.05) is 49.7 Å². The Labute approximate surface area is 232 Å². The highest BCUT2D eigenvalue weighted by molar-refractivity contribution is 9.10. The number of benzene rings is 1. The van der Waals surface area contributed by atoms with E-state index in [1.807, 2.05) is 29.2 Å². The Morgan fingerprint density at radius 3 is 2.41 bits per heavy atom. The maximum Gasteiger partial charge on any atom is 0.413 e. The van der Waals surface area contributed by atoms with Crippen molar-refractivity contribution >= 4 is 53.8 Å². The van der Waals surface area contributed by atoms with Gasteiger partial charge in [0, 0.05) is 41.7 Å². The third kappa shape index (κ3) is 9.69. The second-order valence-corrected chi connectivity index (χ2v) is 17.7. The number of nitrogens with zero attached hydrogens (tertiary/aromatic N) is 2. The quantitative estimate of drug-likeness (QED) is 0.251. The van der Waals surface area contributed by atoms with Crippen molar-refractivity contribution in [3.05, 3.63) is 33.8 Å². The maximum atomic E-state index is 13.7. The molecule has 0 spiro atoms. The predicted octanol–water partition coefficient (Wildman–Crippen LogP) is 7.44. The number of fused-ring (bicyclic) bond motifs is 1. The normalized spacial score (nSPS) is 14.2. The van der Waals surface area contributed by atoms with E-state index in [1.165, 1.54) is 0 Å². The van der Waals surface area contributed by atoms with Gasteiger partial charge in [-0.25, -0.2) is 9.79 Å². The van der Waals surface area contributed by atoms with Gasteiger partial charge in [-0.05, 0) is 70.0 Å². The van der Waals surface area contributed by atoms with Gasteiger partial charge in [0.25, 0.3) is 0 Å². The molecule has 0 aromatic heterocycles. The minimum atomic E-state index is -1.83. The lowest BCUT2D eigenvalue weighted by Crippen LogP contribution is -2.42. The summed E-state index contributed by atoms with van der Waals surface area (Å²) in [6.45, 7) is 20.5. The van der Waals surface area contributed by atoms with Gasteiger partial charge in [0.2, 0.25) is 5.91 Å². The van der Waals surface area contributed by atoms with Crippen molar-refractivity contribution in [1.82, 2.24) is 10.2 Å². The molecule has 7 nitrogen and oxygen atoms in total. The molecule has 2 amide bonds. The van der Waals surface area contributed by atoms with Crippen molar-refractivity contribution in [3.8, 4) is 0 Å². The van der Waals surface area contributed by atoms with Crippen LogP contribution in [-0.4, -0.2) is 56.4 Å². The first-order valence-corrected chi connectivity index (χ1v) is 16.7. The Balaban J connectivity index is 2.23. The summed E-state index contributed by atoms with van der Waals surface area (Å²) in [6, 6.07) is 5.71. The van der Waals surface area contributed by atoms with Gasteiger partial charge in [-0.3, -0.25) is 10.1 Å². The smallest absolute Gasteiger partial charge is 0.413 e. The summed E-state index contributed by atoms with van der Waals surface area (Å²) >= 11 is 3.49. The van der Waals surface area contributed by atoms with Crippen LogP contribution in [0.4, 0.5) is 10.5 Å². The molecule has 1 heterocycles. The van der Waals surface area contributed by atoms with E-state index in [0.717, 1.165) is 22.9 Å². The number of nitrogens with one attached hydrogen (secondary N) is 1. The standard InChI is InChI=1S/C28H44BrN3O4Si/c1-10-14-32(15-11-16-35-37(8,9)28(5,6)7)25(33)21-17-20-12-13-22(29)19-23(20)30-24(18-21)31-26(34)36-27(2,3)4/h12-13,17,19H,10-11,14-16,18H2,1-9H3,(H,30,31,34). The first-order chi connectivity index (χ1) is 17.0. The molecule has 1 aromatic rings. The predicted molar refractivity (Wildman–Crippen MR) is 158 cm³/mol. The van der Waals surface area contributed by atoms with Gasteiger partial charge < -0.3 is 14.1 Å². The van der Waals surface area contributed by atoms with Gasteiger partial charge in [-0.15, -0.1) is 0 Å². The number of rotatable bonds is 8. The molecule has 1 aliphatic heterocycles. The van der Waals surface area contributed by atoms with E-state index in [1.54, 1.807) is 20.8 Å². The number of carbonyl (C=O) groups excluding carboxylic acids is 2. The fourth-order valence-electron chi connectivity index (χ4n) is 3.56. The number of alkyl carbamates (subject to hydrolysis) is 1. The van der Waals surface area contributed by atoms with Crippen molar-refractivity contribution in [2.45, 2.75) is 91.5 Å². The second kappa shape index (κ2) is 12.7. The highest BCUT2D eigenvalue weighted by Gasteiger charge is 2.37. The molecule has 0 unspecified atom stereocenters. The highest BCUT2D eigenvalue weighted by Crippen LogP contribution is 2.36. The number of aliphatic imine (C=N–C) groups is 1. The average molecular weight is 595 g/mol. The van der Waals surface area contributed by atoms with Crippen LogP contribution >= 0.6 is 15.9 Å². The molecule has 2 rings (SSSR count). The lowest BCUT2D eigenvalue weighted by Gasteiger charge is -2.36. The number of ether oxygens (including phenoxy) is 1. The molecule has 206 valence electrons. The van der Waals surface area contributed by atoms with Crippen LogP contribution in [-0.2, 0) is 14.0 Å². The fourth-order valence-corrected chi connectivity index (χ4v) is 4.99. The van der Waals surface area contributed by atoms with Crippen LogP contribution in [0.2, 0.25) is 18.1 Å². The number of carbonyl (C=O) groups is 2. The average Bonchev–Trinajstić information content (AvgIpc) is 2.91. The van der Waals surface area contributed by atoms with E-state index in [4.69, 9.17) is 9.16 Å². The molecular formula is C28H44BrN3O4Si. The summed E-state index contributed by atoms with van der Waals surface area (Å²) < 4.78 is 12.6. The first-order valence-electron chi connectivity index (χ1n) is 13.0. The number of halogens is 1. The Morgan fingerprint density at radius 1 is 1.14 bits per heavy atom. The molecule has 0 bridgehead atoms. The van der Waals surface area contributed by atoms with E-state index < -0.39 is 20.0 Å². The second-order valence-electron chi connectivity index (χ2n) is 12.0. The maximum absolute atomic E-state index is 13.7. The lowest BCUT2D eigenvalue weighted by atomic mass is 10.1. The molecule has 1 N–H and O–H groups in total. The van der Waals surface area contributed by atoms with E-state index >= 15 is 0 Å². The molecular weight excluding hydrogens is 550 g/mol. The van der Waals surface area contributed by atoms with E-state index in [2.05, 4.69) is 67.0 Å². The third-order valence-electron chi connectivity index (χ3n) is 6.48. The van der Waals surface area contributed by atoms with E-state index in [9.17, 15) is 9.59 Å². The zero-order valence-corrected chi connectivity index (χ0v) is 26.5. The number of amidine groups is 1. The van der Waals surface area contributed by atoms with Gasteiger partial charge in [-0.2, -0.15) is 0 Å². The minimum absolute atomic E-state index is 0.0522. The Morgan fingerprint density at radius 2 is 1.81 bits per heavy atom. The summed E-state index contributed by atoms with van der Waals surface area (Å²) in [4.78, 5) is 32.8. The Bertz CT molecular complexity index is 1040. The van der Waals surface area contributed by atoms with Crippen molar-refractivity contribution in [2.24, 2.45) is 4.99 Å². The molecule has 9 heteroatoms. The first kappa shape index (κ1) is 31.2. The Kier molecular flexibility index (Phi) is 10.7. The molecule has 0 saturated heterocycles. The molecule has 0 saturated carbocycles. The van der Waals surface area contributed by atoms with Crippen molar-refractivity contribution in [3.63, 3.8) is 0 Å². The van der Waals surface area contributed by atoms with Crippen molar-refractivity contribution in [1.29, 1.82) is 0 Å². The van der Waals surface area contributed by atoms with Gasteiger partial charge in [0.15, 0.2) is 8.32 Å². The largest absolute Gasteiger partial charge is 0.444 e. The van der Waals surface area contributed by atoms with Crippen LogP contribution in [0.15, 0.2) is 33.2 Å². The van der Waals surface area contributed by atoms with Crippen LogP contribution < -0.4 is 5.32 Å². The van der Waals surface area contributed by atoms with Gasteiger partial charge >= 0.3 is 6.09 Å². The van der Waals surface area contributed by atoms with E-state index in [0.29, 0.717) is 36.8 Å². The molecule has 37 heavy (non-hydrogen) atoms. The SMILES string of the molecule is CCCN(CCCO[Si](C)(C)C(C)(C)C)C(=O)C1=Cc2ccc(Br)cc2N=C(NC(=O)OC(C)(C)C)C1. The number of amides is 2. The number of hydrogen-bond acceptors (Lipinski definition) is 5. The summed E-state index contributed by atoms with van der Waals surface area (Å²) in [7, 11) is -1.83.